The maximum absolute atomic E-state index is 5.18. The van der Waals surface area contributed by atoms with Crippen LogP contribution >= 0.6 is 11.8 Å². The molecule has 1 aromatic rings. The number of hydrazone groups is 1. The van der Waals surface area contributed by atoms with Crippen molar-refractivity contribution < 1.29 is 4.74 Å². The Labute approximate surface area is 110 Å². The fourth-order valence-corrected chi connectivity index (χ4v) is 2.73. The van der Waals surface area contributed by atoms with Gasteiger partial charge >= 0.3 is 0 Å². The lowest BCUT2D eigenvalue weighted by Gasteiger charge is -2.27. The Morgan fingerprint density at radius 3 is 2.78 bits per heavy atom. The Balaban J connectivity index is 1.95. The van der Waals surface area contributed by atoms with Crippen LogP contribution < -0.4 is 4.74 Å². The third-order valence-corrected chi connectivity index (χ3v) is 3.61. The van der Waals surface area contributed by atoms with Crippen LogP contribution in [0.25, 0.3) is 0 Å². The summed E-state index contributed by atoms with van der Waals surface area (Å²) in [6.45, 7) is 2.01. The molecule has 0 aromatic heterocycles. The van der Waals surface area contributed by atoms with Crippen LogP contribution in [0, 0.1) is 0 Å². The fourth-order valence-electron chi connectivity index (χ4n) is 2.02. The molecule has 0 aliphatic carbocycles. The number of rotatable bonds is 2. The maximum Gasteiger partial charge on any atom is 0.191 e. The molecular weight excluding hydrogens is 246 g/mol. The second kappa shape index (κ2) is 4.49. The van der Waals surface area contributed by atoms with Crippen molar-refractivity contribution in [1.82, 2.24) is 5.01 Å². The quantitative estimate of drug-likeness (QED) is 0.819. The third-order valence-electron chi connectivity index (χ3n) is 2.92. The zero-order valence-corrected chi connectivity index (χ0v) is 11.0. The molecule has 3 rings (SSSR count). The van der Waals surface area contributed by atoms with Crippen LogP contribution in [0.4, 0.5) is 0 Å². The first-order valence-corrected chi connectivity index (χ1v) is 6.55. The summed E-state index contributed by atoms with van der Waals surface area (Å²) in [5, 5.41) is 7.24. The van der Waals surface area contributed by atoms with Crippen molar-refractivity contribution in [3.8, 4) is 5.75 Å². The molecular formula is C13H13N3OS. The van der Waals surface area contributed by atoms with Gasteiger partial charge in [0.1, 0.15) is 5.75 Å². The predicted octanol–water partition coefficient (Wildman–Crippen LogP) is 3.00. The van der Waals surface area contributed by atoms with Crippen LogP contribution in [0.15, 0.2) is 46.1 Å². The number of amidine groups is 1. The topological polar surface area (TPSA) is 37.2 Å². The Bertz CT molecular complexity index is 548. The molecule has 0 spiro atoms. The molecule has 2 heterocycles. The van der Waals surface area contributed by atoms with Crippen molar-refractivity contribution in [2.75, 3.05) is 7.11 Å². The Morgan fingerprint density at radius 1 is 1.28 bits per heavy atom. The molecule has 1 atom stereocenters. The van der Waals surface area contributed by atoms with Gasteiger partial charge in [-0.25, -0.2) is 10.0 Å². The number of hydrogen-bond acceptors (Lipinski definition) is 5. The molecule has 2 aliphatic heterocycles. The Hall–Kier alpha value is -1.75. The summed E-state index contributed by atoms with van der Waals surface area (Å²) >= 11 is 1.55. The van der Waals surface area contributed by atoms with Gasteiger partial charge in [0.15, 0.2) is 5.17 Å². The second-order valence-electron chi connectivity index (χ2n) is 4.10. The van der Waals surface area contributed by atoms with Gasteiger partial charge in [0, 0.05) is 5.70 Å². The van der Waals surface area contributed by atoms with E-state index in [1.165, 1.54) is 5.56 Å². The number of thioether (sulfide) groups is 1. The molecule has 4 nitrogen and oxygen atoms in total. The van der Waals surface area contributed by atoms with Crippen molar-refractivity contribution in [3.63, 3.8) is 0 Å². The SMILES string of the molecule is COc1ccc(C2C=C(C)N=C3SC=NN32)cc1. The minimum absolute atomic E-state index is 0.120. The second-order valence-corrected chi connectivity index (χ2v) is 4.92. The highest BCUT2D eigenvalue weighted by atomic mass is 32.2. The van der Waals surface area contributed by atoms with E-state index in [-0.39, 0.29) is 6.04 Å². The number of nitrogens with zero attached hydrogens (tertiary/aromatic N) is 3. The van der Waals surface area contributed by atoms with E-state index in [4.69, 9.17) is 4.74 Å². The largest absolute Gasteiger partial charge is 0.497 e. The van der Waals surface area contributed by atoms with Gasteiger partial charge in [0.2, 0.25) is 0 Å². The lowest BCUT2D eigenvalue weighted by Crippen LogP contribution is -2.26. The first-order chi connectivity index (χ1) is 8.78. The number of aliphatic imine (C=N–C) groups is 1. The average molecular weight is 259 g/mol. The van der Waals surface area contributed by atoms with Crippen molar-refractivity contribution in [2.45, 2.75) is 13.0 Å². The normalized spacial score (nSPS) is 21.4. The molecule has 0 N–H and O–H groups in total. The van der Waals surface area contributed by atoms with Crippen molar-refractivity contribution >= 4 is 22.5 Å². The van der Waals surface area contributed by atoms with Gasteiger partial charge in [-0.2, -0.15) is 5.10 Å². The van der Waals surface area contributed by atoms with Gasteiger partial charge in [-0.15, -0.1) is 0 Å². The van der Waals surface area contributed by atoms with Gasteiger partial charge in [0.25, 0.3) is 0 Å². The molecule has 2 aliphatic rings. The third kappa shape index (κ3) is 1.90. The van der Waals surface area contributed by atoms with Crippen LogP contribution in [-0.4, -0.2) is 22.8 Å². The molecule has 0 amide bonds. The number of allylic oxidation sites excluding steroid dienone is 1. The van der Waals surface area contributed by atoms with E-state index in [0.29, 0.717) is 0 Å². The van der Waals surface area contributed by atoms with Crippen LogP contribution in [0.1, 0.15) is 18.5 Å². The first-order valence-electron chi connectivity index (χ1n) is 5.67. The Morgan fingerprint density at radius 2 is 2.06 bits per heavy atom. The molecule has 1 unspecified atom stereocenters. The summed E-state index contributed by atoms with van der Waals surface area (Å²) < 4.78 is 5.18. The van der Waals surface area contributed by atoms with Crippen LogP contribution in [0.5, 0.6) is 5.75 Å². The van der Waals surface area contributed by atoms with Gasteiger partial charge in [-0.05, 0) is 42.5 Å². The van der Waals surface area contributed by atoms with E-state index >= 15 is 0 Å². The zero-order chi connectivity index (χ0) is 12.5. The molecule has 18 heavy (non-hydrogen) atoms. The van der Waals surface area contributed by atoms with Gasteiger partial charge in [0.05, 0.1) is 18.7 Å². The summed E-state index contributed by atoms with van der Waals surface area (Å²) in [6, 6.07) is 8.19. The highest BCUT2D eigenvalue weighted by molar-refractivity contribution is 8.25. The van der Waals surface area contributed by atoms with Crippen molar-refractivity contribution in [2.24, 2.45) is 10.1 Å². The Kier molecular flexibility index (Phi) is 2.83. The first kappa shape index (κ1) is 11.3. The van der Waals surface area contributed by atoms with E-state index in [2.05, 4.69) is 28.3 Å². The van der Waals surface area contributed by atoms with E-state index in [9.17, 15) is 0 Å². The van der Waals surface area contributed by atoms with Crippen molar-refractivity contribution in [3.05, 3.63) is 41.6 Å². The van der Waals surface area contributed by atoms with Gasteiger partial charge in [-0.1, -0.05) is 12.1 Å². The van der Waals surface area contributed by atoms with E-state index in [1.807, 2.05) is 29.6 Å². The minimum Gasteiger partial charge on any atom is -0.497 e. The number of hydrogen-bond donors (Lipinski definition) is 0. The van der Waals surface area contributed by atoms with Crippen LogP contribution in [0.3, 0.4) is 0 Å². The summed E-state index contributed by atoms with van der Waals surface area (Å²) in [5.74, 6) is 0.864. The van der Waals surface area contributed by atoms with Gasteiger partial charge < -0.3 is 4.74 Å². The van der Waals surface area contributed by atoms with Gasteiger partial charge in [-0.3, -0.25) is 0 Å². The molecule has 0 saturated carbocycles. The standard InChI is InChI=1S/C13H13N3OS/c1-9-7-12(16-13(15-9)18-8-14-16)10-3-5-11(17-2)6-4-10/h3-8,12H,1-2H3. The van der Waals surface area contributed by atoms with Crippen molar-refractivity contribution in [1.29, 1.82) is 0 Å². The molecule has 92 valence electrons. The molecule has 0 saturated heterocycles. The predicted molar refractivity (Wildman–Crippen MR) is 74.8 cm³/mol. The molecule has 5 heteroatoms. The van der Waals surface area contributed by atoms with E-state index < -0.39 is 0 Å². The summed E-state index contributed by atoms with van der Waals surface area (Å²) in [4.78, 5) is 4.47. The number of benzene rings is 1. The highest BCUT2D eigenvalue weighted by Crippen LogP contribution is 2.34. The van der Waals surface area contributed by atoms with E-state index in [0.717, 1.165) is 16.6 Å². The zero-order valence-electron chi connectivity index (χ0n) is 10.2. The molecule has 0 bridgehead atoms. The maximum atomic E-state index is 5.18. The molecule has 0 radical (unpaired) electrons. The fraction of sp³-hybridized carbons (Fsp3) is 0.231. The van der Waals surface area contributed by atoms with Crippen LogP contribution in [0.2, 0.25) is 0 Å². The lowest BCUT2D eigenvalue weighted by molar-refractivity contribution is 0.389. The average Bonchev–Trinajstić information content (AvgIpc) is 2.86. The summed E-state index contributed by atoms with van der Waals surface area (Å²) in [5.41, 5.74) is 4.03. The molecule has 1 aromatic carbocycles. The highest BCUT2D eigenvalue weighted by Gasteiger charge is 2.28. The van der Waals surface area contributed by atoms with Crippen LogP contribution in [-0.2, 0) is 0 Å². The monoisotopic (exact) mass is 259 g/mol. The summed E-state index contributed by atoms with van der Waals surface area (Å²) in [6.07, 6.45) is 2.12. The number of methoxy groups -OCH3 is 1. The number of ether oxygens (including phenoxy) is 1. The minimum atomic E-state index is 0.120. The summed E-state index contributed by atoms with van der Waals surface area (Å²) in [7, 11) is 1.67. The van der Waals surface area contributed by atoms with E-state index in [1.54, 1.807) is 18.9 Å². The smallest absolute Gasteiger partial charge is 0.191 e. The lowest BCUT2D eigenvalue weighted by atomic mass is 10.0. The number of fused-ring (bicyclic) bond motifs is 1. The molecule has 0 fully saturated rings.